The molecule has 1 fully saturated rings. The molecule has 2 aromatic carbocycles. The van der Waals surface area contributed by atoms with Gasteiger partial charge in [-0.2, -0.15) is 4.31 Å². The van der Waals surface area contributed by atoms with Crippen LogP contribution in [0.3, 0.4) is 0 Å². The number of benzene rings is 2. The number of carbonyl (C=O) groups is 1. The largest absolute Gasteiger partial charge is 0.373 e. The van der Waals surface area contributed by atoms with Gasteiger partial charge in [0.1, 0.15) is 0 Å². The zero-order valence-corrected chi connectivity index (χ0v) is 18.2. The second-order valence-electron chi connectivity index (χ2n) is 6.96. The van der Waals surface area contributed by atoms with E-state index in [0.29, 0.717) is 18.8 Å². The molecule has 0 spiro atoms. The van der Waals surface area contributed by atoms with Crippen LogP contribution < -0.4 is 5.32 Å². The van der Waals surface area contributed by atoms with Crippen molar-refractivity contribution in [2.75, 3.05) is 18.4 Å². The lowest BCUT2D eigenvalue weighted by atomic mass is 10.1. The molecule has 1 amide bonds. The molecule has 0 saturated carbocycles. The van der Waals surface area contributed by atoms with E-state index in [0.717, 1.165) is 10.0 Å². The summed E-state index contributed by atoms with van der Waals surface area (Å²) >= 11 is 3.39. The van der Waals surface area contributed by atoms with Crippen molar-refractivity contribution in [2.24, 2.45) is 0 Å². The van der Waals surface area contributed by atoms with E-state index < -0.39 is 10.0 Å². The predicted molar refractivity (Wildman–Crippen MR) is 112 cm³/mol. The number of anilines is 1. The summed E-state index contributed by atoms with van der Waals surface area (Å²) < 4.78 is 33.7. The second kappa shape index (κ2) is 8.73. The summed E-state index contributed by atoms with van der Waals surface area (Å²) in [6, 6.07) is 13.8. The first-order valence-electron chi connectivity index (χ1n) is 9.04. The van der Waals surface area contributed by atoms with E-state index in [-0.39, 0.29) is 29.4 Å². The summed E-state index contributed by atoms with van der Waals surface area (Å²) in [5, 5.41) is 2.80. The van der Waals surface area contributed by atoms with Gasteiger partial charge in [-0.1, -0.05) is 28.1 Å². The maximum atomic E-state index is 12.9. The van der Waals surface area contributed by atoms with Crippen molar-refractivity contribution in [1.82, 2.24) is 4.31 Å². The fourth-order valence-electron chi connectivity index (χ4n) is 3.22. The Bertz CT molecular complexity index is 937. The van der Waals surface area contributed by atoms with Gasteiger partial charge in [0.05, 0.1) is 23.5 Å². The van der Waals surface area contributed by atoms with E-state index in [4.69, 9.17) is 4.74 Å². The first-order chi connectivity index (χ1) is 13.2. The Hall–Kier alpha value is -1.74. The van der Waals surface area contributed by atoms with Gasteiger partial charge in [-0.15, -0.1) is 0 Å². The van der Waals surface area contributed by atoms with Crippen molar-refractivity contribution < 1.29 is 17.9 Å². The highest BCUT2D eigenvalue weighted by atomic mass is 79.9. The van der Waals surface area contributed by atoms with Gasteiger partial charge in [0.25, 0.3) is 0 Å². The highest BCUT2D eigenvalue weighted by Crippen LogP contribution is 2.22. The number of nitrogens with one attached hydrogen (secondary N) is 1. The number of carbonyl (C=O) groups excluding carboxylic acids is 1. The van der Waals surface area contributed by atoms with Crippen LogP contribution in [-0.4, -0.2) is 43.9 Å². The minimum Gasteiger partial charge on any atom is -0.373 e. The zero-order valence-electron chi connectivity index (χ0n) is 15.8. The Kier molecular flexibility index (Phi) is 6.54. The minimum absolute atomic E-state index is 0.143. The van der Waals surface area contributed by atoms with Gasteiger partial charge in [-0.05, 0) is 55.8 Å². The molecule has 28 heavy (non-hydrogen) atoms. The topological polar surface area (TPSA) is 75.7 Å². The van der Waals surface area contributed by atoms with Crippen LogP contribution in [-0.2, 0) is 26.0 Å². The molecule has 0 aromatic heterocycles. The third kappa shape index (κ3) is 5.20. The molecule has 1 heterocycles. The molecule has 2 unspecified atom stereocenters. The van der Waals surface area contributed by atoms with Crippen LogP contribution in [0.2, 0.25) is 0 Å². The maximum absolute atomic E-state index is 12.9. The Balaban J connectivity index is 1.66. The molecule has 1 saturated heterocycles. The van der Waals surface area contributed by atoms with Crippen LogP contribution in [0.5, 0.6) is 0 Å². The second-order valence-corrected chi connectivity index (χ2v) is 9.81. The van der Waals surface area contributed by atoms with E-state index in [1.807, 2.05) is 38.1 Å². The SMILES string of the molecule is CC1CN(S(=O)(=O)c2ccc(NC(=O)Cc3cccc(Br)c3)cc2)CC(C)O1. The zero-order chi connectivity index (χ0) is 20.3. The van der Waals surface area contributed by atoms with Gasteiger partial charge >= 0.3 is 0 Å². The van der Waals surface area contributed by atoms with Crippen LogP contribution in [0.15, 0.2) is 57.9 Å². The van der Waals surface area contributed by atoms with Crippen molar-refractivity contribution in [3.05, 3.63) is 58.6 Å². The first kappa shape index (κ1) is 21.0. The van der Waals surface area contributed by atoms with Gasteiger partial charge < -0.3 is 10.1 Å². The minimum atomic E-state index is -3.59. The van der Waals surface area contributed by atoms with Crippen LogP contribution in [0.25, 0.3) is 0 Å². The van der Waals surface area contributed by atoms with Gasteiger partial charge in [-0.25, -0.2) is 8.42 Å². The molecule has 3 rings (SSSR count). The Morgan fingerprint density at radius 3 is 2.39 bits per heavy atom. The van der Waals surface area contributed by atoms with Crippen molar-refractivity contribution >= 4 is 37.5 Å². The number of hydrogen-bond acceptors (Lipinski definition) is 4. The lowest BCUT2D eigenvalue weighted by molar-refractivity contribution is -0.115. The fourth-order valence-corrected chi connectivity index (χ4v) is 5.26. The summed E-state index contributed by atoms with van der Waals surface area (Å²) in [7, 11) is -3.59. The predicted octanol–water partition coefficient (Wildman–Crippen LogP) is 3.43. The molecule has 0 radical (unpaired) electrons. The van der Waals surface area contributed by atoms with Crippen molar-refractivity contribution in [2.45, 2.75) is 37.4 Å². The van der Waals surface area contributed by atoms with E-state index in [2.05, 4.69) is 21.2 Å². The van der Waals surface area contributed by atoms with Crippen LogP contribution in [0.1, 0.15) is 19.4 Å². The molecule has 1 N–H and O–H groups in total. The lowest BCUT2D eigenvalue weighted by Gasteiger charge is -2.34. The average molecular weight is 467 g/mol. The highest BCUT2D eigenvalue weighted by molar-refractivity contribution is 9.10. The van der Waals surface area contributed by atoms with E-state index in [1.54, 1.807) is 12.1 Å². The number of sulfonamides is 1. The molecule has 0 bridgehead atoms. The molecule has 150 valence electrons. The number of ether oxygens (including phenoxy) is 1. The molecule has 2 atom stereocenters. The monoisotopic (exact) mass is 466 g/mol. The third-order valence-electron chi connectivity index (χ3n) is 4.42. The Morgan fingerprint density at radius 2 is 1.79 bits per heavy atom. The summed E-state index contributed by atoms with van der Waals surface area (Å²) in [6.45, 7) is 4.39. The van der Waals surface area contributed by atoms with Crippen LogP contribution >= 0.6 is 15.9 Å². The van der Waals surface area contributed by atoms with E-state index >= 15 is 0 Å². The number of amides is 1. The average Bonchev–Trinajstić information content (AvgIpc) is 2.61. The van der Waals surface area contributed by atoms with Gasteiger partial charge in [-0.3, -0.25) is 4.79 Å². The Labute approximate surface area is 174 Å². The van der Waals surface area contributed by atoms with Crippen LogP contribution in [0, 0.1) is 0 Å². The quantitative estimate of drug-likeness (QED) is 0.731. The summed E-state index contributed by atoms with van der Waals surface area (Å²) in [6.07, 6.45) is -0.0477. The maximum Gasteiger partial charge on any atom is 0.243 e. The van der Waals surface area contributed by atoms with Gasteiger partial charge in [0.15, 0.2) is 0 Å². The molecular formula is C20H23BrN2O4S. The lowest BCUT2D eigenvalue weighted by Crippen LogP contribution is -2.48. The number of nitrogens with zero attached hydrogens (tertiary/aromatic N) is 1. The fraction of sp³-hybridized carbons (Fsp3) is 0.350. The molecule has 6 nitrogen and oxygen atoms in total. The molecule has 0 aliphatic carbocycles. The highest BCUT2D eigenvalue weighted by Gasteiger charge is 2.32. The number of morpholine rings is 1. The van der Waals surface area contributed by atoms with E-state index in [1.165, 1.54) is 16.4 Å². The molecule has 2 aromatic rings. The number of rotatable bonds is 5. The van der Waals surface area contributed by atoms with Crippen LogP contribution in [0.4, 0.5) is 5.69 Å². The van der Waals surface area contributed by atoms with Gasteiger partial charge in [0, 0.05) is 23.2 Å². The molecule has 8 heteroatoms. The number of halogens is 1. The first-order valence-corrected chi connectivity index (χ1v) is 11.3. The summed E-state index contributed by atoms with van der Waals surface area (Å²) in [5.41, 5.74) is 1.45. The summed E-state index contributed by atoms with van der Waals surface area (Å²) in [5.74, 6) is -0.162. The molecule has 1 aliphatic heterocycles. The number of hydrogen-bond donors (Lipinski definition) is 1. The summed E-state index contributed by atoms with van der Waals surface area (Å²) in [4.78, 5) is 12.4. The van der Waals surface area contributed by atoms with E-state index in [9.17, 15) is 13.2 Å². The van der Waals surface area contributed by atoms with Crippen molar-refractivity contribution in [3.8, 4) is 0 Å². The Morgan fingerprint density at radius 1 is 1.14 bits per heavy atom. The standard InChI is InChI=1S/C20H23BrN2O4S/c1-14-12-23(13-15(2)27-14)28(25,26)19-8-6-18(7-9-19)22-20(24)11-16-4-3-5-17(21)10-16/h3-10,14-15H,11-13H2,1-2H3,(H,22,24). The van der Waals surface area contributed by atoms with Gasteiger partial charge in [0.2, 0.25) is 15.9 Å². The molecular weight excluding hydrogens is 444 g/mol. The van der Waals surface area contributed by atoms with Crippen molar-refractivity contribution in [3.63, 3.8) is 0 Å². The van der Waals surface area contributed by atoms with Crippen molar-refractivity contribution in [1.29, 1.82) is 0 Å². The normalized spacial score (nSPS) is 20.7. The third-order valence-corrected chi connectivity index (χ3v) is 6.75. The smallest absolute Gasteiger partial charge is 0.243 e. The molecule has 1 aliphatic rings.